The van der Waals surface area contributed by atoms with Gasteiger partial charge in [-0.05, 0) is 56.9 Å². The van der Waals surface area contributed by atoms with Gasteiger partial charge in [0, 0.05) is 18.8 Å². The molecule has 0 N–H and O–H groups in total. The molecule has 0 saturated carbocycles. The van der Waals surface area contributed by atoms with E-state index in [9.17, 15) is 8.78 Å². The molecule has 0 radical (unpaired) electrons. The van der Waals surface area contributed by atoms with Crippen LogP contribution in [0, 0.1) is 0 Å². The van der Waals surface area contributed by atoms with Crippen LogP contribution in [-0.4, -0.2) is 30.1 Å². The second-order valence-electron chi connectivity index (χ2n) is 5.90. The van der Waals surface area contributed by atoms with Gasteiger partial charge in [0.1, 0.15) is 5.70 Å². The second kappa shape index (κ2) is 8.77. The fourth-order valence-electron chi connectivity index (χ4n) is 2.61. The van der Waals surface area contributed by atoms with Crippen molar-refractivity contribution in [3.63, 3.8) is 0 Å². The van der Waals surface area contributed by atoms with E-state index in [4.69, 9.17) is 11.6 Å². The van der Waals surface area contributed by atoms with Crippen LogP contribution in [0.1, 0.15) is 44.9 Å². The Morgan fingerprint density at radius 3 is 2.50 bits per heavy atom. The van der Waals surface area contributed by atoms with Gasteiger partial charge in [-0.2, -0.15) is 0 Å². The van der Waals surface area contributed by atoms with E-state index >= 15 is 0 Å². The first-order valence-corrected chi connectivity index (χ1v) is 9.37. The quantitative estimate of drug-likeness (QED) is 0.547. The summed E-state index contributed by atoms with van der Waals surface area (Å²) >= 11 is 7.39. The molecule has 0 aromatic carbocycles. The number of likely N-dealkylation sites (tertiary alicyclic amines) is 1. The van der Waals surface area contributed by atoms with Gasteiger partial charge in [0.05, 0.1) is 14.9 Å². The summed E-state index contributed by atoms with van der Waals surface area (Å²) in [6.45, 7) is 7.59. The number of hydrogen-bond acceptors (Lipinski definition) is 3. The topological polar surface area (TPSA) is 15.6 Å². The van der Waals surface area contributed by atoms with Crippen molar-refractivity contribution < 1.29 is 8.78 Å². The number of allylic oxidation sites excluding steroid dienone is 4. The zero-order valence-electron chi connectivity index (χ0n) is 14.3. The highest BCUT2D eigenvalue weighted by atomic mass is 35.5. The Morgan fingerprint density at radius 1 is 1.33 bits per heavy atom. The predicted molar refractivity (Wildman–Crippen MR) is 99.4 cm³/mol. The molecule has 1 aromatic rings. The van der Waals surface area contributed by atoms with Crippen molar-refractivity contribution in [3.05, 3.63) is 44.4 Å². The lowest BCUT2D eigenvalue weighted by molar-refractivity contribution is 0.186. The average Bonchev–Trinajstić information content (AvgIpc) is 3.21. The molecule has 2 rings (SSSR count). The Morgan fingerprint density at radius 2 is 2.00 bits per heavy atom. The molecule has 0 atom stereocenters. The summed E-state index contributed by atoms with van der Waals surface area (Å²) in [6, 6.07) is 3.61. The van der Waals surface area contributed by atoms with Crippen LogP contribution in [0.4, 0.5) is 8.78 Å². The SMILES string of the molecule is CC/C(C)=C(/N=C(/C=C(\C)N1CCCC1)c1ccc(Cl)s1)C(F)F. The number of alkyl halides is 2. The number of halogens is 3. The van der Waals surface area contributed by atoms with Gasteiger partial charge < -0.3 is 4.90 Å². The minimum Gasteiger partial charge on any atom is -0.375 e. The first kappa shape index (κ1) is 19.1. The lowest BCUT2D eigenvalue weighted by Gasteiger charge is -2.18. The molecule has 0 spiro atoms. The maximum atomic E-state index is 13.4. The second-order valence-corrected chi connectivity index (χ2v) is 7.62. The first-order chi connectivity index (χ1) is 11.4. The highest BCUT2D eigenvalue weighted by Crippen LogP contribution is 2.26. The van der Waals surface area contributed by atoms with Crippen LogP contribution < -0.4 is 0 Å². The Hall–Kier alpha value is -1.20. The van der Waals surface area contributed by atoms with Gasteiger partial charge in [-0.3, -0.25) is 0 Å². The van der Waals surface area contributed by atoms with Crippen molar-refractivity contribution in [1.29, 1.82) is 0 Å². The van der Waals surface area contributed by atoms with Gasteiger partial charge >= 0.3 is 0 Å². The van der Waals surface area contributed by atoms with Gasteiger partial charge in [-0.25, -0.2) is 13.8 Å². The summed E-state index contributed by atoms with van der Waals surface area (Å²) in [6.07, 6.45) is 2.20. The van der Waals surface area contributed by atoms with Crippen molar-refractivity contribution >= 4 is 28.6 Å². The number of rotatable bonds is 6. The van der Waals surface area contributed by atoms with E-state index < -0.39 is 6.43 Å². The normalized spacial score (nSPS) is 17.7. The zero-order valence-corrected chi connectivity index (χ0v) is 15.9. The van der Waals surface area contributed by atoms with Crippen molar-refractivity contribution in [2.45, 2.75) is 46.5 Å². The fraction of sp³-hybridized carbons (Fsp3) is 0.500. The number of thiophene rings is 1. The summed E-state index contributed by atoms with van der Waals surface area (Å²) in [5.74, 6) is 0. The van der Waals surface area contributed by atoms with Crippen LogP contribution in [0.5, 0.6) is 0 Å². The standard InChI is InChI=1S/C18H23ClF2N2S/c1-4-12(2)17(18(20)21)22-14(15-7-8-16(19)24-15)11-13(3)23-9-5-6-10-23/h7-8,11,18H,4-6,9-10H2,1-3H3/b13-11+,17-12+,22-14-. The Balaban J connectivity index is 2.46. The summed E-state index contributed by atoms with van der Waals surface area (Å²) in [5, 5.41) is 0. The molecule has 6 heteroatoms. The van der Waals surface area contributed by atoms with Gasteiger partial charge in [-0.15, -0.1) is 11.3 Å². The zero-order chi connectivity index (χ0) is 17.7. The van der Waals surface area contributed by atoms with Crippen molar-refractivity contribution in [3.8, 4) is 0 Å². The molecular weight excluding hydrogens is 350 g/mol. The molecule has 0 unspecified atom stereocenters. The van der Waals surface area contributed by atoms with Gasteiger partial charge in [-0.1, -0.05) is 18.5 Å². The van der Waals surface area contributed by atoms with E-state index in [1.807, 2.05) is 26.0 Å². The molecule has 0 bridgehead atoms. The largest absolute Gasteiger partial charge is 0.375 e. The monoisotopic (exact) mass is 372 g/mol. The lowest BCUT2D eigenvalue weighted by atomic mass is 10.1. The highest BCUT2D eigenvalue weighted by Gasteiger charge is 2.17. The molecule has 0 aliphatic carbocycles. The summed E-state index contributed by atoms with van der Waals surface area (Å²) < 4.78 is 27.5. The van der Waals surface area contributed by atoms with E-state index in [-0.39, 0.29) is 5.70 Å². The fourth-order valence-corrected chi connectivity index (χ4v) is 3.61. The maximum Gasteiger partial charge on any atom is 0.280 e. The molecule has 1 saturated heterocycles. The third-order valence-electron chi connectivity index (χ3n) is 4.19. The molecule has 0 amide bonds. The van der Waals surface area contributed by atoms with Crippen LogP contribution in [-0.2, 0) is 0 Å². The molecule has 1 aliphatic heterocycles. The third kappa shape index (κ3) is 4.90. The van der Waals surface area contributed by atoms with E-state index in [0.29, 0.717) is 22.0 Å². The van der Waals surface area contributed by atoms with Gasteiger partial charge in [0.15, 0.2) is 0 Å². The van der Waals surface area contributed by atoms with Gasteiger partial charge in [0.2, 0.25) is 0 Å². The van der Waals surface area contributed by atoms with Crippen LogP contribution in [0.3, 0.4) is 0 Å². The maximum absolute atomic E-state index is 13.4. The number of aliphatic imine (C=N–C) groups is 1. The summed E-state index contributed by atoms with van der Waals surface area (Å²) in [4.78, 5) is 7.41. The minimum atomic E-state index is -2.59. The first-order valence-electron chi connectivity index (χ1n) is 8.17. The predicted octanol–water partition coefficient (Wildman–Crippen LogP) is 6.14. The van der Waals surface area contributed by atoms with E-state index in [1.165, 1.54) is 24.2 Å². The van der Waals surface area contributed by atoms with E-state index in [2.05, 4.69) is 9.89 Å². The van der Waals surface area contributed by atoms with E-state index in [0.717, 1.165) is 23.7 Å². The molecular formula is C18H23ClF2N2S. The highest BCUT2D eigenvalue weighted by molar-refractivity contribution is 7.18. The molecule has 1 fully saturated rings. The number of nitrogens with zero attached hydrogens (tertiary/aromatic N) is 2. The van der Waals surface area contributed by atoms with Crippen LogP contribution in [0.15, 0.2) is 40.2 Å². The van der Waals surface area contributed by atoms with Crippen LogP contribution in [0.25, 0.3) is 0 Å². The molecule has 2 heterocycles. The van der Waals surface area contributed by atoms with Crippen LogP contribution >= 0.6 is 22.9 Å². The molecule has 1 aromatic heterocycles. The minimum absolute atomic E-state index is 0.137. The van der Waals surface area contributed by atoms with E-state index in [1.54, 1.807) is 13.0 Å². The van der Waals surface area contributed by atoms with Crippen molar-refractivity contribution in [2.24, 2.45) is 4.99 Å². The summed E-state index contributed by atoms with van der Waals surface area (Å²) in [7, 11) is 0. The van der Waals surface area contributed by atoms with Crippen LogP contribution in [0.2, 0.25) is 4.34 Å². The van der Waals surface area contributed by atoms with Crippen molar-refractivity contribution in [2.75, 3.05) is 13.1 Å². The number of hydrogen-bond donors (Lipinski definition) is 0. The third-order valence-corrected chi connectivity index (χ3v) is 5.44. The molecule has 2 nitrogen and oxygen atoms in total. The van der Waals surface area contributed by atoms with Crippen molar-refractivity contribution in [1.82, 2.24) is 4.90 Å². The Kier molecular flexibility index (Phi) is 6.99. The Bertz CT molecular complexity index is 656. The lowest BCUT2D eigenvalue weighted by Crippen LogP contribution is -2.17. The molecule has 24 heavy (non-hydrogen) atoms. The van der Waals surface area contributed by atoms with Gasteiger partial charge in [0.25, 0.3) is 6.43 Å². The molecule has 1 aliphatic rings. The molecule has 132 valence electrons. The smallest absolute Gasteiger partial charge is 0.280 e. The Labute approximate surface area is 151 Å². The summed E-state index contributed by atoms with van der Waals surface area (Å²) in [5.41, 5.74) is 2.08. The average molecular weight is 373 g/mol.